The lowest BCUT2D eigenvalue weighted by molar-refractivity contribution is -0.141. The molecule has 3 aliphatic heterocycles. The lowest BCUT2D eigenvalue weighted by Gasteiger charge is -2.33. The molecule has 5 heterocycles. The van der Waals surface area contributed by atoms with Gasteiger partial charge in [-0.2, -0.15) is 13.2 Å². The van der Waals surface area contributed by atoms with Crippen LogP contribution in [-0.4, -0.2) is 54.1 Å². The van der Waals surface area contributed by atoms with Crippen molar-refractivity contribution in [1.82, 2.24) is 24.8 Å². The van der Waals surface area contributed by atoms with Crippen LogP contribution in [0.15, 0.2) is 49.1 Å². The summed E-state index contributed by atoms with van der Waals surface area (Å²) in [6, 6.07) is 7.97. The molecule has 10 heteroatoms. The third-order valence-corrected chi connectivity index (χ3v) is 7.06. The molecule has 3 aromatic rings. The molecule has 0 saturated carbocycles. The zero-order chi connectivity index (χ0) is 22.9. The second-order valence-corrected chi connectivity index (χ2v) is 8.79. The predicted octanol–water partition coefficient (Wildman–Crippen LogP) is 3.36. The molecule has 2 bridgehead atoms. The molecule has 3 aliphatic rings. The van der Waals surface area contributed by atoms with E-state index in [1.165, 1.54) is 6.20 Å². The van der Waals surface area contributed by atoms with E-state index in [2.05, 4.69) is 24.8 Å². The molecule has 5 atom stereocenters. The van der Waals surface area contributed by atoms with Crippen molar-refractivity contribution < 1.29 is 18.3 Å². The van der Waals surface area contributed by atoms with Gasteiger partial charge in [-0.15, -0.1) is 0 Å². The normalized spacial score (nSPS) is 27.0. The first-order valence-corrected chi connectivity index (χ1v) is 10.9. The summed E-state index contributed by atoms with van der Waals surface area (Å²) in [5.41, 5.74) is 1.58. The smallest absolute Gasteiger partial charge is 0.374 e. The van der Waals surface area contributed by atoms with Gasteiger partial charge >= 0.3 is 6.18 Å². The number of halogens is 3. The van der Waals surface area contributed by atoms with Crippen molar-refractivity contribution in [3.05, 3.63) is 65.9 Å². The van der Waals surface area contributed by atoms with Gasteiger partial charge in [0, 0.05) is 35.6 Å². The SMILES string of the molecule is Cc1cccc(C(O)N2C3CCC2C2C3N2c2cnc(C(F)(F)F)cn2)c1-c1ncccn1. The number of aliphatic hydroxyl groups excluding tert-OH is 1. The number of aliphatic hydroxyl groups is 1. The molecule has 0 spiro atoms. The Labute approximate surface area is 188 Å². The summed E-state index contributed by atoms with van der Waals surface area (Å²) in [6.45, 7) is 1.98. The molecule has 5 unspecified atom stereocenters. The number of aromatic nitrogens is 4. The van der Waals surface area contributed by atoms with Gasteiger partial charge < -0.3 is 10.0 Å². The third kappa shape index (κ3) is 3.12. The number of nitrogens with zero attached hydrogens (tertiary/aromatic N) is 6. The van der Waals surface area contributed by atoms with Crippen LogP contribution >= 0.6 is 0 Å². The molecular weight excluding hydrogens is 433 g/mol. The molecule has 0 aliphatic carbocycles. The number of alkyl halides is 3. The number of anilines is 1. The summed E-state index contributed by atoms with van der Waals surface area (Å²) in [5, 5.41) is 11.5. The molecule has 6 rings (SSSR count). The predicted molar refractivity (Wildman–Crippen MR) is 113 cm³/mol. The highest BCUT2D eigenvalue weighted by atomic mass is 19.4. The average molecular weight is 454 g/mol. The van der Waals surface area contributed by atoms with Gasteiger partial charge in [0.1, 0.15) is 12.0 Å². The molecule has 0 radical (unpaired) electrons. The van der Waals surface area contributed by atoms with E-state index in [0.29, 0.717) is 11.6 Å². The maximum Gasteiger partial charge on any atom is 0.434 e. The standard InChI is InChI=1S/C23H21F3N6O/c1-12-4-2-5-13(18(12)21-27-8-3-9-28-21)22(33)31-14-6-7-15(31)20-19(14)32(20)17-11-29-16(10-30-17)23(24,25)26/h2-5,8-11,14-15,19-20,22,33H,6-7H2,1H3. The van der Waals surface area contributed by atoms with Crippen molar-refractivity contribution in [1.29, 1.82) is 0 Å². The van der Waals surface area contributed by atoms with Crippen LogP contribution in [0.4, 0.5) is 19.0 Å². The van der Waals surface area contributed by atoms with Crippen molar-refractivity contribution in [3.8, 4) is 11.4 Å². The van der Waals surface area contributed by atoms with Crippen molar-refractivity contribution in [2.24, 2.45) is 0 Å². The maximum absolute atomic E-state index is 12.8. The number of benzene rings is 1. The highest BCUT2D eigenvalue weighted by molar-refractivity contribution is 5.65. The Kier molecular flexibility index (Phi) is 4.47. The first-order valence-electron chi connectivity index (χ1n) is 10.9. The van der Waals surface area contributed by atoms with Gasteiger partial charge in [0.2, 0.25) is 0 Å². The van der Waals surface area contributed by atoms with E-state index in [9.17, 15) is 18.3 Å². The van der Waals surface area contributed by atoms with Crippen LogP contribution in [0, 0.1) is 6.92 Å². The van der Waals surface area contributed by atoms with E-state index in [-0.39, 0.29) is 24.2 Å². The second-order valence-electron chi connectivity index (χ2n) is 8.79. The van der Waals surface area contributed by atoms with Gasteiger partial charge in [-0.1, -0.05) is 18.2 Å². The number of piperazine rings is 1. The van der Waals surface area contributed by atoms with E-state index >= 15 is 0 Å². The van der Waals surface area contributed by atoms with Crippen molar-refractivity contribution in [2.75, 3.05) is 4.90 Å². The van der Waals surface area contributed by atoms with E-state index < -0.39 is 18.1 Å². The van der Waals surface area contributed by atoms with Gasteiger partial charge in [0.25, 0.3) is 0 Å². The van der Waals surface area contributed by atoms with Crippen molar-refractivity contribution in [3.63, 3.8) is 0 Å². The lowest BCUT2D eigenvalue weighted by Crippen LogP contribution is -2.41. The van der Waals surface area contributed by atoms with Crippen LogP contribution in [0.2, 0.25) is 0 Å². The summed E-state index contributed by atoms with van der Waals surface area (Å²) in [5.74, 6) is 1.03. The minimum Gasteiger partial charge on any atom is -0.374 e. The molecule has 3 fully saturated rings. The Morgan fingerprint density at radius 3 is 2.27 bits per heavy atom. The average Bonchev–Trinajstić information content (AvgIpc) is 3.32. The van der Waals surface area contributed by atoms with Crippen LogP contribution in [0.3, 0.4) is 0 Å². The van der Waals surface area contributed by atoms with Crippen LogP contribution in [-0.2, 0) is 6.18 Å². The minimum atomic E-state index is -4.51. The van der Waals surface area contributed by atoms with E-state index in [1.54, 1.807) is 18.5 Å². The van der Waals surface area contributed by atoms with Gasteiger partial charge in [-0.25, -0.2) is 19.9 Å². The largest absolute Gasteiger partial charge is 0.434 e. The molecule has 2 aromatic heterocycles. The summed E-state index contributed by atoms with van der Waals surface area (Å²) in [4.78, 5) is 20.5. The van der Waals surface area contributed by atoms with Crippen molar-refractivity contribution in [2.45, 2.75) is 56.3 Å². The molecule has 3 saturated heterocycles. The first-order chi connectivity index (χ1) is 15.9. The number of aryl methyl sites for hydroxylation is 1. The summed E-state index contributed by atoms with van der Waals surface area (Å²) >= 11 is 0. The summed E-state index contributed by atoms with van der Waals surface area (Å²) in [7, 11) is 0. The maximum atomic E-state index is 12.8. The number of hydrogen-bond acceptors (Lipinski definition) is 7. The topological polar surface area (TPSA) is 78.0 Å². The fraction of sp³-hybridized carbons (Fsp3) is 0.391. The van der Waals surface area contributed by atoms with E-state index in [4.69, 9.17) is 0 Å². The zero-order valence-electron chi connectivity index (χ0n) is 17.7. The van der Waals surface area contributed by atoms with Gasteiger partial charge in [-0.05, 0) is 31.4 Å². The Balaban J connectivity index is 1.27. The fourth-order valence-electron chi connectivity index (χ4n) is 5.74. The third-order valence-electron chi connectivity index (χ3n) is 7.06. The summed E-state index contributed by atoms with van der Waals surface area (Å²) < 4.78 is 38.5. The molecule has 0 amide bonds. The lowest BCUT2D eigenvalue weighted by atomic mass is 9.99. The molecular formula is C23H21F3N6O. The molecule has 1 N–H and O–H groups in total. The van der Waals surface area contributed by atoms with Gasteiger partial charge in [0.05, 0.1) is 24.5 Å². The summed E-state index contributed by atoms with van der Waals surface area (Å²) in [6.07, 6.45) is 1.85. The van der Waals surface area contributed by atoms with Gasteiger partial charge in [-0.3, -0.25) is 4.90 Å². The molecule has 170 valence electrons. The van der Waals surface area contributed by atoms with E-state index in [0.717, 1.165) is 35.7 Å². The van der Waals surface area contributed by atoms with Crippen molar-refractivity contribution >= 4 is 5.82 Å². The first kappa shape index (κ1) is 20.5. The number of fused-ring (bicyclic) bond motifs is 5. The van der Waals surface area contributed by atoms with Crippen LogP contribution in [0.5, 0.6) is 0 Å². The molecule has 7 nitrogen and oxygen atoms in total. The van der Waals surface area contributed by atoms with E-state index in [1.807, 2.05) is 30.0 Å². The Hall–Kier alpha value is -3.11. The van der Waals surface area contributed by atoms with Gasteiger partial charge in [0.15, 0.2) is 11.5 Å². The molecule has 1 aromatic carbocycles. The highest BCUT2D eigenvalue weighted by Gasteiger charge is 2.69. The van der Waals surface area contributed by atoms with Crippen LogP contribution < -0.4 is 4.90 Å². The highest BCUT2D eigenvalue weighted by Crippen LogP contribution is 2.56. The zero-order valence-corrected chi connectivity index (χ0v) is 17.7. The fourth-order valence-corrected chi connectivity index (χ4v) is 5.74. The number of rotatable bonds is 4. The molecule has 33 heavy (non-hydrogen) atoms. The minimum absolute atomic E-state index is 0.0872. The van der Waals surface area contributed by atoms with Crippen LogP contribution in [0.1, 0.15) is 35.9 Å². The Morgan fingerprint density at radius 1 is 0.970 bits per heavy atom. The van der Waals surface area contributed by atoms with Crippen LogP contribution in [0.25, 0.3) is 11.4 Å². The Bertz CT molecular complexity index is 1170. The Morgan fingerprint density at radius 2 is 1.67 bits per heavy atom. The number of hydrogen-bond donors (Lipinski definition) is 1. The second kappa shape index (κ2) is 7.19. The quantitative estimate of drug-likeness (QED) is 0.606. The monoisotopic (exact) mass is 454 g/mol.